The van der Waals surface area contributed by atoms with Crippen LogP contribution in [0, 0.1) is 0 Å². The summed E-state index contributed by atoms with van der Waals surface area (Å²) in [6.07, 6.45) is 10.2. The van der Waals surface area contributed by atoms with Gasteiger partial charge < -0.3 is 0 Å². The van der Waals surface area contributed by atoms with E-state index in [1.54, 1.807) is 0 Å². The zero-order chi connectivity index (χ0) is 12.9. The van der Waals surface area contributed by atoms with Gasteiger partial charge in [0, 0.05) is 0 Å². The average molecular weight is 246 g/mol. The van der Waals surface area contributed by atoms with Crippen LogP contribution in [0.4, 0.5) is 0 Å². The molecule has 0 heterocycles. The molecule has 1 aliphatic carbocycles. The molecule has 0 saturated heterocycles. The van der Waals surface area contributed by atoms with Crippen LogP contribution in [0.1, 0.15) is 29.5 Å². The van der Waals surface area contributed by atoms with Crippen molar-refractivity contribution in [3.05, 3.63) is 89.5 Å². The first-order valence-electron chi connectivity index (χ1n) is 6.92. The summed E-state index contributed by atoms with van der Waals surface area (Å²) in [5.74, 6) is 0. The van der Waals surface area contributed by atoms with Crippen molar-refractivity contribution in [1.82, 2.24) is 0 Å². The number of allylic oxidation sites excluding steroid dienone is 4. The van der Waals surface area contributed by atoms with E-state index in [4.69, 9.17) is 0 Å². The predicted octanol–water partition coefficient (Wildman–Crippen LogP) is 5.01. The SMILES string of the molecule is C1=CC(c2ccc(Cc3ccccc3)cc2)=CCC1. The predicted molar refractivity (Wildman–Crippen MR) is 82.0 cm³/mol. The molecule has 0 bridgehead atoms. The molecule has 2 aromatic carbocycles. The first-order valence-corrected chi connectivity index (χ1v) is 6.92. The van der Waals surface area contributed by atoms with Crippen LogP contribution in [-0.2, 0) is 6.42 Å². The van der Waals surface area contributed by atoms with E-state index in [-0.39, 0.29) is 0 Å². The van der Waals surface area contributed by atoms with Gasteiger partial charge in [0.1, 0.15) is 0 Å². The summed E-state index contributed by atoms with van der Waals surface area (Å²) in [5.41, 5.74) is 5.42. The van der Waals surface area contributed by atoms with Crippen molar-refractivity contribution < 1.29 is 0 Å². The van der Waals surface area contributed by atoms with E-state index in [9.17, 15) is 0 Å². The van der Waals surface area contributed by atoms with Crippen LogP contribution in [0.3, 0.4) is 0 Å². The van der Waals surface area contributed by atoms with Gasteiger partial charge in [-0.2, -0.15) is 0 Å². The van der Waals surface area contributed by atoms with Crippen LogP contribution >= 0.6 is 0 Å². The molecule has 19 heavy (non-hydrogen) atoms. The quantitative estimate of drug-likeness (QED) is 0.714. The Labute approximate surface area is 115 Å². The molecule has 0 atom stereocenters. The van der Waals surface area contributed by atoms with Crippen LogP contribution in [-0.4, -0.2) is 0 Å². The number of benzene rings is 2. The van der Waals surface area contributed by atoms with Crippen molar-refractivity contribution in [1.29, 1.82) is 0 Å². The summed E-state index contributed by atoms with van der Waals surface area (Å²) < 4.78 is 0. The molecular formula is C19H18. The van der Waals surface area contributed by atoms with Crippen molar-refractivity contribution in [2.75, 3.05) is 0 Å². The fourth-order valence-corrected chi connectivity index (χ4v) is 2.47. The fourth-order valence-electron chi connectivity index (χ4n) is 2.47. The van der Waals surface area contributed by atoms with Gasteiger partial charge in [-0.1, -0.05) is 72.8 Å². The normalized spacial score (nSPS) is 14.2. The van der Waals surface area contributed by atoms with Gasteiger partial charge in [0.25, 0.3) is 0 Å². The summed E-state index contributed by atoms with van der Waals surface area (Å²) in [7, 11) is 0. The van der Waals surface area contributed by atoms with Crippen LogP contribution < -0.4 is 0 Å². The molecule has 1 aliphatic rings. The topological polar surface area (TPSA) is 0 Å². The average Bonchev–Trinajstić information content (AvgIpc) is 2.50. The molecule has 0 amide bonds. The highest BCUT2D eigenvalue weighted by Crippen LogP contribution is 2.22. The summed E-state index contributed by atoms with van der Waals surface area (Å²) in [6, 6.07) is 19.6. The van der Waals surface area contributed by atoms with Crippen LogP contribution in [0.5, 0.6) is 0 Å². The fraction of sp³-hybridized carbons (Fsp3) is 0.158. The number of rotatable bonds is 3. The Hall–Kier alpha value is -2.08. The van der Waals surface area contributed by atoms with Crippen LogP contribution in [0.15, 0.2) is 72.8 Å². The van der Waals surface area contributed by atoms with E-state index in [1.807, 2.05) is 0 Å². The van der Waals surface area contributed by atoms with Gasteiger partial charge in [-0.25, -0.2) is 0 Å². The third-order valence-corrected chi connectivity index (χ3v) is 3.53. The van der Waals surface area contributed by atoms with E-state index in [0.29, 0.717) is 0 Å². The second-order valence-electron chi connectivity index (χ2n) is 5.00. The van der Waals surface area contributed by atoms with E-state index in [2.05, 4.69) is 72.8 Å². The smallest absolute Gasteiger partial charge is 0.00258 e. The van der Waals surface area contributed by atoms with E-state index >= 15 is 0 Å². The van der Waals surface area contributed by atoms with Crippen LogP contribution in [0.25, 0.3) is 5.57 Å². The summed E-state index contributed by atoms with van der Waals surface area (Å²) in [5, 5.41) is 0. The maximum Gasteiger partial charge on any atom is -0.00258 e. The zero-order valence-corrected chi connectivity index (χ0v) is 11.0. The molecule has 0 spiro atoms. The Kier molecular flexibility index (Phi) is 3.60. The molecule has 0 saturated carbocycles. The Bertz CT molecular complexity index is 586. The maximum atomic E-state index is 2.33. The maximum absolute atomic E-state index is 2.33. The standard InChI is InChI=1S/C19H18/c1-3-7-16(8-4-1)15-17-11-13-19(14-12-17)18-9-5-2-6-10-18/h1,3-5,7-14H,2,6,15H2. The van der Waals surface area contributed by atoms with Gasteiger partial charge in [0.2, 0.25) is 0 Å². The molecule has 3 rings (SSSR count). The number of hydrogen-bond donors (Lipinski definition) is 0. The summed E-state index contributed by atoms with van der Waals surface area (Å²) >= 11 is 0. The Morgan fingerprint density at radius 3 is 2.16 bits per heavy atom. The molecule has 0 heteroatoms. The first kappa shape index (κ1) is 12.0. The largest absolute Gasteiger partial charge is 0.0836 e. The molecule has 0 N–H and O–H groups in total. The zero-order valence-electron chi connectivity index (χ0n) is 11.0. The molecule has 94 valence electrons. The molecule has 2 aromatic rings. The van der Waals surface area contributed by atoms with Gasteiger partial charge in [-0.15, -0.1) is 0 Å². The van der Waals surface area contributed by atoms with Gasteiger partial charge >= 0.3 is 0 Å². The van der Waals surface area contributed by atoms with Gasteiger partial charge in [0.05, 0.1) is 0 Å². The number of hydrogen-bond acceptors (Lipinski definition) is 0. The Balaban J connectivity index is 1.76. The van der Waals surface area contributed by atoms with Gasteiger partial charge in [0.15, 0.2) is 0 Å². The molecular weight excluding hydrogens is 228 g/mol. The highest BCUT2D eigenvalue weighted by atomic mass is 14.1. The highest BCUT2D eigenvalue weighted by Gasteiger charge is 2.01. The second kappa shape index (κ2) is 5.71. The molecule has 0 aliphatic heterocycles. The highest BCUT2D eigenvalue weighted by molar-refractivity contribution is 5.74. The molecule has 0 fully saturated rings. The van der Waals surface area contributed by atoms with Gasteiger partial charge in [-0.3, -0.25) is 0 Å². The minimum absolute atomic E-state index is 1.01. The van der Waals surface area contributed by atoms with Crippen molar-refractivity contribution in [3.8, 4) is 0 Å². The van der Waals surface area contributed by atoms with E-state index in [0.717, 1.165) is 12.8 Å². The monoisotopic (exact) mass is 246 g/mol. The molecule has 0 nitrogen and oxygen atoms in total. The lowest BCUT2D eigenvalue weighted by atomic mass is 9.97. The van der Waals surface area contributed by atoms with Gasteiger partial charge in [-0.05, 0) is 41.5 Å². The Morgan fingerprint density at radius 2 is 1.47 bits per heavy atom. The molecule has 0 unspecified atom stereocenters. The second-order valence-corrected chi connectivity index (χ2v) is 5.00. The van der Waals surface area contributed by atoms with E-state index < -0.39 is 0 Å². The van der Waals surface area contributed by atoms with Crippen LogP contribution in [0.2, 0.25) is 0 Å². The lowest BCUT2D eigenvalue weighted by molar-refractivity contribution is 1.04. The van der Waals surface area contributed by atoms with Crippen molar-refractivity contribution in [2.45, 2.75) is 19.3 Å². The summed E-state index contributed by atoms with van der Waals surface area (Å²) in [6.45, 7) is 0. The van der Waals surface area contributed by atoms with Crippen molar-refractivity contribution in [2.24, 2.45) is 0 Å². The lowest BCUT2D eigenvalue weighted by Gasteiger charge is -2.08. The Morgan fingerprint density at radius 1 is 0.737 bits per heavy atom. The first-order chi connectivity index (χ1) is 9.42. The summed E-state index contributed by atoms with van der Waals surface area (Å²) in [4.78, 5) is 0. The minimum Gasteiger partial charge on any atom is -0.0836 e. The molecule has 0 aromatic heterocycles. The minimum atomic E-state index is 1.01. The third kappa shape index (κ3) is 3.03. The third-order valence-electron chi connectivity index (χ3n) is 3.53. The van der Waals surface area contributed by atoms with Crippen molar-refractivity contribution >= 4 is 5.57 Å². The van der Waals surface area contributed by atoms with Crippen molar-refractivity contribution in [3.63, 3.8) is 0 Å². The van der Waals surface area contributed by atoms with E-state index in [1.165, 1.54) is 28.7 Å². The lowest BCUT2D eigenvalue weighted by Crippen LogP contribution is -1.90. The molecule has 0 radical (unpaired) electrons.